The Balaban J connectivity index is 2.71. The van der Waals surface area contributed by atoms with E-state index in [-0.39, 0.29) is 19.5 Å². The van der Waals surface area contributed by atoms with Crippen molar-refractivity contribution in [2.45, 2.75) is 24.4 Å². The van der Waals surface area contributed by atoms with Gasteiger partial charge in [-0.15, -0.1) is 0 Å². The smallest absolute Gasteiger partial charge is 0.325 e. The molecule has 1 unspecified atom stereocenters. The van der Waals surface area contributed by atoms with Crippen molar-refractivity contribution in [1.29, 1.82) is 0 Å². The Hall–Kier alpha value is -2.16. The zero-order chi connectivity index (χ0) is 16.0. The number of ketones is 2. The molecule has 1 saturated heterocycles. The van der Waals surface area contributed by atoms with Gasteiger partial charge in [0.05, 0.1) is 7.05 Å². The fraction of sp³-hybridized carbons (Fsp3) is 0.667. The number of nitrogens with one attached hydrogen (secondary N) is 1. The molecule has 114 valence electrons. The van der Waals surface area contributed by atoms with Crippen molar-refractivity contribution in [3.05, 3.63) is 32.4 Å². The van der Waals surface area contributed by atoms with Crippen LogP contribution in [0.2, 0.25) is 0 Å². The SMILES string of the molecule is CC(=O)C[C@H]1[C@]2([N+](=O)[O-])C=CC(=O)[C@@]1([N+](=O)[O-])C[NH+](C)C2. The van der Waals surface area contributed by atoms with Crippen LogP contribution < -0.4 is 4.90 Å². The van der Waals surface area contributed by atoms with E-state index in [0.29, 0.717) is 4.90 Å². The molecular formula is C12H16N3O6+. The van der Waals surface area contributed by atoms with Crippen LogP contribution in [0.3, 0.4) is 0 Å². The number of likely N-dealkylation sites (tertiary alicyclic amines) is 1. The van der Waals surface area contributed by atoms with Gasteiger partial charge in [-0.1, -0.05) is 0 Å². The van der Waals surface area contributed by atoms with Crippen LogP contribution in [0.5, 0.6) is 0 Å². The second-order valence-corrected chi connectivity index (χ2v) is 5.90. The van der Waals surface area contributed by atoms with Crippen LogP contribution in [0.4, 0.5) is 0 Å². The summed E-state index contributed by atoms with van der Waals surface area (Å²) in [6.07, 6.45) is 1.72. The molecule has 0 aromatic heterocycles. The molecule has 0 spiro atoms. The van der Waals surface area contributed by atoms with Crippen LogP contribution in [0, 0.1) is 26.1 Å². The number of carbonyl (C=O) groups is 2. The summed E-state index contributed by atoms with van der Waals surface area (Å²) < 4.78 is 0. The molecule has 1 N–H and O–H groups in total. The number of hydrogen-bond donors (Lipinski definition) is 1. The third-order valence-corrected chi connectivity index (χ3v) is 4.44. The molecule has 0 amide bonds. The molecule has 2 rings (SSSR count). The summed E-state index contributed by atoms with van der Waals surface area (Å²) in [7, 11) is 1.58. The van der Waals surface area contributed by atoms with E-state index in [4.69, 9.17) is 0 Å². The number of nitrogens with zero attached hydrogens (tertiary/aromatic N) is 2. The topological polar surface area (TPSA) is 125 Å². The Labute approximate surface area is 119 Å². The molecule has 9 heteroatoms. The number of piperidine rings is 1. The lowest BCUT2D eigenvalue weighted by molar-refractivity contribution is -0.927. The number of Topliss-reactive ketones (excluding diaryl/α,β-unsaturated/α-hetero) is 1. The molecule has 1 fully saturated rings. The third-order valence-electron chi connectivity index (χ3n) is 4.44. The second-order valence-electron chi connectivity index (χ2n) is 5.90. The van der Waals surface area contributed by atoms with Crippen molar-refractivity contribution < 1.29 is 24.3 Å². The average molecular weight is 298 g/mol. The van der Waals surface area contributed by atoms with Crippen molar-refractivity contribution in [1.82, 2.24) is 0 Å². The van der Waals surface area contributed by atoms with Gasteiger partial charge in [0.15, 0.2) is 13.1 Å². The van der Waals surface area contributed by atoms with Crippen molar-refractivity contribution in [3.63, 3.8) is 0 Å². The Bertz CT molecular complexity index is 573. The van der Waals surface area contributed by atoms with Crippen LogP contribution in [0.15, 0.2) is 12.2 Å². The summed E-state index contributed by atoms with van der Waals surface area (Å²) in [5, 5.41) is 23.2. The van der Waals surface area contributed by atoms with E-state index in [0.717, 1.165) is 12.2 Å². The van der Waals surface area contributed by atoms with Gasteiger partial charge in [-0.2, -0.15) is 0 Å². The van der Waals surface area contributed by atoms with E-state index >= 15 is 0 Å². The fourth-order valence-electron chi connectivity index (χ4n) is 3.63. The first-order valence-electron chi connectivity index (χ1n) is 6.50. The highest BCUT2D eigenvalue weighted by molar-refractivity contribution is 5.99. The lowest BCUT2D eigenvalue weighted by atomic mass is 9.61. The van der Waals surface area contributed by atoms with Gasteiger partial charge in [0.2, 0.25) is 5.78 Å². The van der Waals surface area contributed by atoms with E-state index in [9.17, 15) is 29.8 Å². The molecule has 21 heavy (non-hydrogen) atoms. The largest absolute Gasteiger partial charge is 0.340 e. The maximum absolute atomic E-state index is 12.2. The van der Waals surface area contributed by atoms with Crippen molar-refractivity contribution in [2.75, 3.05) is 20.1 Å². The molecule has 2 bridgehead atoms. The van der Waals surface area contributed by atoms with Crippen LogP contribution >= 0.6 is 0 Å². The summed E-state index contributed by atoms with van der Waals surface area (Å²) >= 11 is 0. The number of carbonyl (C=O) groups excluding carboxylic acids is 2. The first-order chi connectivity index (χ1) is 9.66. The fourth-order valence-corrected chi connectivity index (χ4v) is 3.63. The Morgan fingerprint density at radius 3 is 2.48 bits per heavy atom. The van der Waals surface area contributed by atoms with Gasteiger partial charge >= 0.3 is 5.54 Å². The summed E-state index contributed by atoms with van der Waals surface area (Å²) in [5.41, 5.74) is -3.86. The Morgan fingerprint density at radius 1 is 1.38 bits per heavy atom. The van der Waals surface area contributed by atoms with Crippen LogP contribution in [-0.4, -0.2) is 52.6 Å². The molecule has 2 aliphatic rings. The van der Waals surface area contributed by atoms with Gasteiger partial charge in [-0.25, -0.2) is 0 Å². The predicted molar refractivity (Wildman–Crippen MR) is 69.0 cm³/mol. The molecule has 9 nitrogen and oxygen atoms in total. The van der Waals surface area contributed by atoms with E-state index in [1.165, 1.54) is 6.92 Å². The molecule has 1 aliphatic heterocycles. The number of quaternary nitrogens is 1. The minimum atomic E-state index is -2.10. The van der Waals surface area contributed by atoms with Crippen LogP contribution in [0.25, 0.3) is 0 Å². The highest BCUT2D eigenvalue weighted by Gasteiger charge is 2.76. The summed E-state index contributed by atoms with van der Waals surface area (Å²) in [6, 6.07) is 0. The van der Waals surface area contributed by atoms with Crippen molar-refractivity contribution in [2.24, 2.45) is 5.92 Å². The molecule has 0 aromatic carbocycles. The summed E-state index contributed by atoms with van der Waals surface area (Å²) in [4.78, 5) is 46.1. The molecule has 4 atom stereocenters. The third kappa shape index (κ3) is 1.96. The van der Waals surface area contributed by atoms with E-state index in [1.54, 1.807) is 7.05 Å². The maximum atomic E-state index is 12.2. The zero-order valence-corrected chi connectivity index (χ0v) is 11.7. The second kappa shape index (κ2) is 4.69. The molecule has 0 saturated carbocycles. The minimum Gasteiger partial charge on any atom is -0.325 e. The Morgan fingerprint density at radius 2 is 2.00 bits per heavy atom. The zero-order valence-electron chi connectivity index (χ0n) is 11.7. The first kappa shape index (κ1) is 15.2. The van der Waals surface area contributed by atoms with E-state index in [2.05, 4.69) is 0 Å². The molecule has 1 aliphatic carbocycles. The van der Waals surface area contributed by atoms with Gasteiger partial charge in [0.25, 0.3) is 5.54 Å². The molecule has 1 heterocycles. The van der Waals surface area contributed by atoms with Crippen molar-refractivity contribution in [3.8, 4) is 0 Å². The lowest BCUT2D eigenvalue weighted by Gasteiger charge is -2.44. The normalized spacial score (nSPS) is 38.1. The molecular weight excluding hydrogens is 282 g/mol. The number of hydrogen-bond acceptors (Lipinski definition) is 6. The predicted octanol–water partition coefficient (Wildman–Crippen LogP) is -1.72. The lowest BCUT2D eigenvalue weighted by Crippen LogP contribution is -3.17. The number of rotatable bonds is 4. The monoisotopic (exact) mass is 298 g/mol. The van der Waals surface area contributed by atoms with Gasteiger partial charge in [-0.3, -0.25) is 25.0 Å². The summed E-state index contributed by atoms with van der Waals surface area (Å²) in [5.74, 6) is -2.43. The van der Waals surface area contributed by atoms with Gasteiger partial charge in [0, 0.05) is 22.3 Å². The van der Waals surface area contributed by atoms with Crippen LogP contribution in [0.1, 0.15) is 13.3 Å². The standard InChI is InChI=1S/C12H15N3O6/c1-8(16)5-9-11(14(18)19)4-3-10(17)12(9,15(20)21)7-13(2)6-11/h3-4,9H,5-7H2,1-2H3/p+1/t9-,11-,12+/m0/s1. The number of likely N-dealkylation sites (N-methyl/N-ethyl adjacent to an activating group) is 1. The van der Waals surface area contributed by atoms with Gasteiger partial charge in [-0.05, 0) is 13.0 Å². The average Bonchev–Trinajstić information content (AvgIpc) is 2.35. The van der Waals surface area contributed by atoms with Crippen LogP contribution in [-0.2, 0) is 9.59 Å². The summed E-state index contributed by atoms with van der Waals surface area (Å²) in [6.45, 7) is 1.07. The quantitative estimate of drug-likeness (QED) is 0.486. The van der Waals surface area contributed by atoms with Crippen molar-refractivity contribution >= 4 is 11.6 Å². The molecule has 0 radical (unpaired) electrons. The minimum absolute atomic E-state index is 0.0112. The Kier molecular flexibility index (Phi) is 3.40. The number of nitro groups is 2. The van der Waals surface area contributed by atoms with E-state index in [1.807, 2.05) is 0 Å². The van der Waals surface area contributed by atoms with E-state index < -0.39 is 38.4 Å². The molecule has 0 aromatic rings. The first-order valence-corrected chi connectivity index (χ1v) is 6.50. The maximum Gasteiger partial charge on any atom is 0.340 e. The number of fused-ring (bicyclic) bond motifs is 2. The van der Waals surface area contributed by atoms with Gasteiger partial charge < -0.3 is 9.69 Å². The highest BCUT2D eigenvalue weighted by Crippen LogP contribution is 2.42. The van der Waals surface area contributed by atoms with Gasteiger partial charge in [0.1, 0.15) is 11.7 Å². The highest BCUT2D eigenvalue weighted by atomic mass is 16.6.